The van der Waals surface area contributed by atoms with Crippen molar-refractivity contribution in [2.45, 2.75) is 6.92 Å². The van der Waals surface area contributed by atoms with Crippen molar-refractivity contribution in [2.24, 2.45) is 7.05 Å². The normalized spacial score (nSPS) is 10.9. The summed E-state index contributed by atoms with van der Waals surface area (Å²) in [7, 11) is 1.80. The Morgan fingerprint density at radius 1 is 1.40 bits per heavy atom. The minimum absolute atomic E-state index is 0.256. The number of halogens is 1. The van der Waals surface area contributed by atoms with E-state index in [-0.39, 0.29) is 5.91 Å². The molecule has 1 aromatic carbocycles. The van der Waals surface area contributed by atoms with Crippen molar-refractivity contribution in [1.82, 2.24) is 9.72 Å². The molecule has 0 spiro atoms. The lowest BCUT2D eigenvalue weighted by Crippen LogP contribution is -2.15. The fraction of sp³-hybridized carbons (Fsp3) is 0.143. The topological polar surface area (TPSA) is 60.1 Å². The van der Waals surface area contributed by atoms with Crippen LogP contribution in [0.2, 0.25) is 5.02 Å². The van der Waals surface area contributed by atoms with E-state index in [0.717, 1.165) is 10.9 Å². The number of fused-ring (bicyclic) bond motifs is 1. The van der Waals surface area contributed by atoms with Crippen LogP contribution >= 0.6 is 11.6 Å². The Morgan fingerprint density at radius 3 is 2.85 bits per heavy atom. The number of carbonyl (C=O) groups is 1. The highest BCUT2D eigenvalue weighted by Gasteiger charge is 2.16. The van der Waals surface area contributed by atoms with Crippen LogP contribution < -0.4 is 5.32 Å². The van der Waals surface area contributed by atoms with Crippen LogP contribution in [0.5, 0.6) is 0 Å². The van der Waals surface area contributed by atoms with Gasteiger partial charge in [-0.2, -0.15) is 0 Å². The van der Waals surface area contributed by atoms with Gasteiger partial charge in [0.05, 0.1) is 10.5 Å². The number of hydrogen-bond acceptors (Lipinski definition) is 3. The Balaban J connectivity index is 1.99. The summed E-state index contributed by atoms with van der Waals surface area (Å²) in [6.45, 7) is 1.76. The number of amides is 1. The molecular weight excluding hydrogens is 278 g/mol. The maximum atomic E-state index is 12.3. The van der Waals surface area contributed by atoms with Crippen molar-refractivity contribution in [1.29, 1.82) is 0 Å². The number of rotatable bonds is 2. The maximum Gasteiger partial charge on any atom is 0.273 e. The van der Waals surface area contributed by atoms with E-state index >= 15 is 0 Å². The number of nitrogens with zero attached hydrogens (tertiary/aromatic N) is 2. The molecule has 1 amide bonds. The molecule has 0 saturated heterocycles. The Kier molecular flexibility index (Phi) is 2.99. The summed E-state index contributed by atoms with van der Waals surface area (Å²) in [5.74, 6) is 0.775. The van der Waals surface area contributed by atoms with Gasteiger partial charge in [-0.3, -0.25) is 4.79 Å². The zero-order valence-electron chi connectivity index (χ0n) is 11.0. The monoisotopic (exact) mass is 289 g/mol. The predicted molar refractivity (Wildman–Crippen MR) is 77.1 cm³/mol. The summed E-state index contributed by atoms with van der Waals surface area (Å²) in [4.78, 5) is 12.3. The van der Waals surface area contributed by atoms with Crippen LogP contribution in [0.3, 0.4) is 0 Å². The molecule has 6 heteroatoms. The van der Waals surface area contributed by atoms with Gasteiger partial charge in [-0.25, -0.2) is 0 Å². The number of para-hydroxylation sites is 1. The van der Waals surface area contributed by atoms with Crippen molar-refractivity contribution in [3.05, 3.63) is 46.8 Å². The quantitative estimate of drug-likeness (QED) is 0.787. The average Bonchev–Trinajstić information content (AvgIpc) is 2.95. The van der Waals surface area contributed by atoms with Crippen LogP contribution in [0.1, 0.15) is 16.2 Å². The molecule has 5 nitrogen and oxygen atoms in total. The second kappa shape index (κ2) is 4.68. The molecule has 0 aliphatic rings. The third kappa shape index (κ3) is 2.06. The highest BCUT2D eigenvalue weighted by Crippen LogP contribution is 2.26. The molecule has 0 saturated carbocycles. The summed E-state index contributed by atoms with van der Waals surface area (Å²) in [6.07, 6.45) is 0. The SMILES string of the molecule is Cc1cc(NC(=O)c2cc3cccc(Cl)c3n2C)no1. The van der Waals surface area contributed by atoms with Crippen molar-refractivity contribution < 1.29 is 9.32 Å². The third-order valence-electron chi connectivity index (χ3n) is 3.11. The van der Waals surface area contributed by atoms with Gasteiger partial charge < -0.3 is 14.4 Å². The van der Waals surface area contributed by atoms with Gasteiger partial charge in [0.1, 0.15) is 11.5 Å². The largest absolute Gasteiger partial charge is 0.360 e. The first-order chi connectivity index (χ1) is 9.56. The lowest BCUT2D eigenvalue weighted by atomic mass is 10.2. The highest BCUT2D eigenvalue weighted by molar-refractivity contribution is 6.35. The van der Waals surface area contributed by atoms with Crippen LogP contribution in [0.15, 0.2) is 34.9 Å². The number of benzene rings is 1. The molecule has 102 valence electrons. The molecule has 0 bridgehead atoms. The van der Waals surface area contributed by atoms with Gasteiger partial charge in [0.15, 0.2) is 5.82 Å². The minimum Gasteiger partial charge on any atom is -0.360 e. The van der Waals surface area contributed by atoms with E-state index in [1.54, 1.807) is 36.7 Å². The van der Waals surface area contributed by atoms with Gasteiger partial charge in [0.25, 0.3) is 5.91 Å². The zero-order chi connectivity index (χ0) is 14.3. The Labute approximate surface area is 120 Å². The summed E-state index contributed by atoms with van der Waals surface area (Å²) in [5.41, 5.74) is 1.34. The highest BCUT2D eigenvalue weighted by atomic mass is 35.5. The van der Waals surface area contributed by atoms with Crippen LogP contribution in [-0.2, 0) is 7.05 Å². The van der Waals surface area contributed by atoms with E-state index in [2.05, 4.69) is 10.5 Å². The number of hydrogen-bond donors (Lipinski definition) is 1. The number of carbonyl (C=O) groups excluding carboxylic acids is 1. The van der Waals surface area contributed by atoms with Gasteiger partial charge in [0, 0.05) is 18.5 Å². The molecule has 0 atom stereocenters. The fourth-order valence-electron chi connectivity index (χ4n) is 2.19. The van der Waals surface area contributed by atoms with E-state index in [9.17, 15) is 4.79 Å². The number of aromatic nitrogens is 2. The van der Waals surface area contributed by atoms with Crippen molar-refractivity contribution in [3.8, 4) is 0 Å². The molecule has 1 N–H and O–H groups in total. The summed E-state index contributed by atoms with van der Waals surface area (Å²) < 4.78 is 6.68. The second-order valence-corrected chi connectivity index (χ2v) is 4.95. The smallest absolute Gasteiger partial charge is 0.273 e. The number of anilines is 1. The summed E-state index contributed by atoms with van der Waals surface area (Å²) >= 11 is 6.16. The van der Waals surface area contributed by atoms with Crippen LogP contribution in [-0.4, -0.2) is 15.6 Å². The van der Waals surface area contributed by atoms with Crippen molar-refractivity contribution in [3.63, 3.8) is 0 Å². The Bertz CT molecular complexity index is 804. The van der Waals surface area contributed by atoms with E-state index in [1.165, 1.54) is 0 Å². The lowest BCUT2D eigenvalue weighted by Gasteiger charge is -2.04. The van der Waals surface area contributed by atoms with Crippen molar-refractivity contribution in [2.75, 3.05) is 5.32 Å². The average molecular weight is 290 g/mol. The molecule has 3 rings (SSSR count). The van der Waals surface area contributed by atoms with Gasteiger partial charge in [-0.1, -0.05) is 28.9 Å². The predicted octanol–water partition coefficient (Wildman–Crippen LogP) is 3.38. The minimum atomic E-state index is -0.256. The molecule has 0 aliphatic carbocycles. The first-order valence-corrected chi connectivity index (χ1v) is 6.42. The lowest BCUT2D eigenvalue weighted by molar-refractivity contribution is 0.101. The maximum absolute atomic E-state index is 12.3. The second-order valence-electron chi connectivity index (χ2n) is 4.54. The Hall–Kier alpha value is -2.27. The molecule has 2 heterocycles. The fourth-order valence-corrected chi connectivity index (χ4v) is 2.50. The first kappa shape index (κ1) is 12.7. The van der Waals surface area contributed by atoms with E-state index in [0.29, 0.717) is 22.3 Å². The number of aryl methyl sites for hydroxylation is 2. The molecule has 20 heavy (non-hydrogen) atoms. The van der Waals surface area contributed by atoms with E-state index < -0.39 is 0 Å². The Morgan fingerprint density at radius 2 is 2.20 bits per heavy atom. The molecule has 0 radical (unpaired) electrons. The van der Waals surface area contributed by atoms with Gasteiger partial charge >= 0.3 is 0 Å². The van der Waals surface area contributed by atoms with Gasteiger partial charge in [-0.05, 0) is 19.1 Å². The standard InChI is InChI=1S/C14H12ClN3O2/c1-8-6-12(17-20-8)16-14(19)11-7-9-4-3-5-10(15)13(9)18(11)2/h3-7H,1-2H3,(H,16,17,19). The summed E-state index contributed by atoms with van der Waals surface area (Å²) in [5, 5.41) is 7.96. The zero-order valence-corrected chi connectivity index (χ0v) is 11.7. The van der Waals surface area contributed by atoms with Crippen LogP contribution in [0.25, 0.3) is 10.9 Å². The van der Waals surface area contributed by atoms with Gasteiger partial charge in [-0.15, -0.1) is 0 Å². The summed E-state index contributed by atoms with van der Waals surface area (Å²) in [6, 6.07) is 9.02. The molecular formula is C14H12ClN3O2. The van der Waals surface area contributed by atoms with Crippen LogP contribution in [0.4, 0.5) is 5.82 Å². The van der Waals surface area contributed by atoms with E-state index in [1.807, 2.05) is 12.1 Å². The molecule has 3 aromatic rings. The molecule has 0 unspecified atom stereocenters. The van der Waals surface area contributed by atoms with E-state index in [4.69, 9.17) is 16.1 Å². The van der Waals surface area contributed by atoms with Crippen LogP contribution in [0, 0.1) is 6.92 Å². The molecule has 0 aliphatic heterocycles. The van der Waals surface area contributed by atoms with Crippen molar-refractivity contribution >= 4 is 34.2 Å². The molecule has 0 fully saturated rings. The molecule has 2 aromatic heterocycles. The van der Waals surface area contributed by atoms with Gasteiger partial charge in [0.2, 0.25) is 0 Å². The third-order valence-corrected chi connectivity index (χ3v) is 3.41. The number of nitrogens with one attached hydrogen (secondary N) is 1. The first-order valence-electron chi connectivity index (χ1n) is 6.05.